The molecule has 0 aromatic carbocycles. The molecule has 0 spiro atoms. The molecule has 4 heteroatoms. The zero-order valence-corrected chi connectivity index (χ0v) is 18.0. The summed E-state index contributed by atoms with van der Waals surface area (Å²) in [5, 5.41) is 0. The molecule has 20 heavy (non-hydrogen) atoms. The molecule has 3 nitrogen and oxygen atoms in total. The summed E-state index contributed by atoms with van der Waals surface area (Å²) in [7, 11) is 0. The van der Waals surface area contributed by atoms with Gasteiger partial charge in [0.05, 0.1) is 0 Å². The first-order valence-electron chi connectivity index (χ1n) is 7.29. The molecule has 0 saturated carbocycles. The Morgan fingerprint density at radius 1 is 0.750 bits per heavy atom. The van der Waals surface area contributed by atoms with Crippen molar-refractivity contribution in [1.82, 2.24) is 0 Å². The number of hydrogen-bond acceptors (Lipinski definition) is 3. The Morgan fingerprint density at radius 2 is 1.00 bits per heavy atom. The summed E-state index contributed by atoms with van der Waals surface area (Å²) in [5.74, 6) is 0. The average Bonchev–Trinajstić information content (AvgIpc) is 1.86. The third-order valence-corrected chi connectivity index (χ3v) is 12.8. The maximum atomic E-state index is 6.39. The topological polar surface area (TPSA) is 27.7 Å². The average molecular weight is 393 g/mol. The summed E-state index contributed by atoms with van der Waals surface area (Å²) >= 11 is -3.76. The van der Waals surface area contributed by atoms with Gasteiger partial charge in [0.1, 0.15) is 0 Å². The van der Waals surface area contributed by atoms with E-state index in [9.17, 15) is 0 Å². The quantitative estimate of drug-likeness (QED) is 0.489. The maximum absolute atomic E-state index is 6.39. The van der Waals surface area contributed by atoms with E-state index in [1.54, 1.807) is 0 Å². The fraction of sp³-hybridized carbons (Fsp3) is 0.875. The predicted octanol–water partition coefficient (Wildman–Crippen LogP) is 4.95. The van der Waals surface area contributed by atoms with Crippen LogP contribution in [0.25, 0.3) is 0 Å². The zero-order chi connectivity index (χ0) is 16.4. The SMILES string of the molecule is C=C(C)[CH2][Sn]([O]C(C)(C)C)([O]C(C)(C)C)[O]C(C)(C)C. The van der Waals surface area contributed by atoms with Crippen LogP contribution in [0.5, 0.6) is 0 Å². The normalized spacial score (nSPS) is 14.5. The first-order valence-corrected chi connectivity index (χ1v) is 12.8. The van der Waals surface area contributed by atoms with Crippen LogP contribution in [-0.4, -0.2) is 36.4 Å². The Balaban J connectivity index is 5.56. The second-order valence-corrected chi connectivity index (χ2v) is 15.1. The van der Waals surface area contributed by atoms with Crippen molar-refractivity contribution in [3.05, 3.63) is 12.2 Å². The Hall–Kier alpha value is 0.419. The van der Waals surface area contributed by atoms with Gasteiger partial charge in [-0.2, -0.15) is 0 Å². The third-order valence-electron chi connectivity index (χ3n) is 1.90. The van der Waals surface area contributed by atoms with Gasteiger partial charge < -0.3 is 0 Å². The minimum absolute atomic E-state index is 0.290. The number of hydrogen-bond donors (Lipinski definition) is 0. The molecule has 120 valence electrons. The molecule has 0 fully saturated rings. The van der Waals surface area contributed by atoms with Crippen LogP contribution in [0.2, 0.25) is 4.44 Å². The van der Waals surface area contributed by atoms with Gasteiger partial charge in [-0.3, -0.25) is 0 Å². The Bertz CT molecular complexity index is 288. The van der Waals surface area contributed by atoms with Crippen molar-refractivity contribution in [1.29, 1.82) is 0 Å². The van der Waals surface area contributed by atoms with Crippen molar-refractivity contribution in [3.8, 4) is 0 Å². The van der Waals surface area contributed by atoms with Crippen molar-refractivity contribution < 1.29 is 9.22 Å². The van der Waals surface area contributed by atoms with Gasteiger partial charge in [-0.15, -0.1) is 0 Å². The van der Waals surface area contributed by atoms with Crippen molar-refractivity contribution in [2.45, 2.75) is 90.5 Å². The van der Waals surface area contributed by atoms with Gasteiger partial charge in [-0.05, 0) is 0 Å². The van der Waals surface area contributed by atoms with Gasteiger partial charge in [-0.1, -0.05) is 0 Å². The predicted molar refractivity (Wildman–Crippen MR) is 87.9 cm³/mol. The third kappa shape index (κ3) is 10.2. The summed E-state index contributed by atoms with van der Waals surface area (Å²) in [5.41, 5.74) is 0.185. The van der Waals surface area contributed by atoms with Crippen LogP contribution >= 0.6 is 0 Å². The number of rotatable bonds is 5. The van der Waals surface area contributed by atoms with Gasteiger partial charge in [0.2, 0.25) is 0 Å². The molecule has 0 aromatic rings. The van der Waals surface area contributed by atoms with E-state index in [0.717, 1.165) is 5.57 Å². The first-order chi connectivity index (χ1) is 8.54. The molecule has 0 aliphatic rings. The summed E-state index contributed by atoms with van der Waals surface area (Å²) in [6, 6.07) is 0. The van der Waals surface area contributed by atoms with Crippen LogP contribution in [-0.2, 0) is 9.22 Å². The summed E-state index contributed by atoms with van der Waals surface area (Å²) in [4.78, 5) is 0. The molecule has 0 amide bonds. The van der Waals surface area contributed by atoms with E-state index in [2.05, 4.69) is 68.9 Å². The fourth-order valence-corrected chi connectivity index (χ4v) is 13.0. The molecule has 0 rings (SSSR count). The second-order valence-electron chi connectivity index (χ2n) is 8.46. The van der Waals surface area contributed by atoms with E-state index < -0.39 is 19.6 Å². The van der Waals surface area contributed by atoms with E-state index in [1.807, 2.05) is 6.92 Å². The van der Waals surface area contributed by atoms with Gasteiger partial charge >= 0.3 is 131 Å². The van der Waals surface area contributed by atoms with E-state index >= 15 is 0 Å². The molecule has 0 aliphatic heterocycles. The van der Waals surface area contributed by atoms with E-state index in [0.29, 0.717) is 4.44 Å². The van der Waals surface area contributed by atoms with Gasteiger partial charge in [-0.25, -0.2) is 0 Å². The van der Waals surface area contributed by atoms with Crippen molar-refractivity contribution >= 4 is 19.6 Å². The molecule has 0 heterocycles. The van der Waals surface area contributed by atoms with Crippen LogP contribution in [0.4, 0.5) is 0 Å². The van der Waals surface area contributed by atoms with Gasteiger partial charge in [0.25, 0.3) is 0 Å². The summed E-state index contributed by atoms with van der Waals surface area (Å²) in [6.07, 6.45) is 0. The molecule has 0 atom stereocenters. The molecular formula is C16H34O3Sn. The fourth-order valence-electron chi connectivity index (χ4n) is 1.94. The molecule has 0 unspecified atom stereocenters. The molecule has 0 radical (unpaired) electrons. The summed E-state index contributed by atoms with van der Waals surface area (Å²) < 4.78 is 19.9. The number of allylic oxidation sites excluding steroid dienone is 1. The van der Waals surface area contributed by atoms with Crippen molar-refractivity contribution in [2.24, 2.45) is 0 Å². The molecular weight excluding hydrogens is 359 g/mol. The van der Waals surface area contributed by atoms with Gasteiger partial charge in [0, 0.05) is 0 Å². The van der Waals surface area contributed by atoms with Gasteiger partial charge in [0.15, 0.2) is 0 Å². The molecule has 0 saturated heterocycles. The van der Waals surface area contributed by atoms with Crippen molar-refractivity contribution in [3.63, 3.8) is 0 Å². The van der Waals surface area contributed by atoms with Crippen LogP contribution in [0.3, 0.4) is 0 Å². The van der Waals surface area contributed by atoms with E-state index in [1.165, 1.54) is 0 Å². The second kappa shape index (κ2) is 6.67. The zero-order valence-electron chi connectivity index (χ0n) is 15.1. The standard InChI is InChI=1S/3C4H9O.C4H7.Sn/c3*1-4(2,3)5;1-4(2)3;/h3*1-3H3;1-2H2,3H3;/q3*-1;;+3. The molecule has 0 aliphatic carbocycles. The van der Waals surface area contributed by atoms with Crippen molar-refractivity contribution in [2.75, 3.05) is 0 Å². The minimum atomic E-state index is -3.76. The molecule has 0 aromatic heterocycles. The monoisotopic (exact) mass is 394 g/mol. The van der Waals surface area contributed by atoms with Crippen LogP contribution in [0.15, 0.2) is 12.2 Å². The van der Waals surface area contributed by atoms with Crippen LogP contribution in [0.1, 0.15) is 69.2 Å². The van der Waals surface area contributed by atoms with E-state index in [4.69, 9.17) is 9.22 Å². The Kier molecular flexibility index (Phi) is 6.81. The Labute approximate surface area is 131 Å². The Morgan fingerprint density at radius 3 is 1.15 bits per heavy atom. The van der Waals surface area contributed by atoms with E-state index in [-0.39, 0.29) is 16.8 Å². The summed E-state index contributed by atoms with van der Waals surface area (Å²) in [6.45, 7) is 24.5. The van der Waals surface area contributed by atoms with Crippen LogP contribution < -0.4 is 0 Å². The molecule has 0 bridgehead atoms. The first kappa shape index (κ1) is 20.4. The van der Waals surface area contributed by atoms with Crippen LogP contribution in [0, 0.1) is 0 Å². The molecule has 0 N–H and O–H groups in total.